The molecule has 0 saturated carbocycles. The van der Waals surface area contributed by atoms with Crippen LogP contribution in [0.3, 0.4) is 0 Å². The van der Waals surface area contributed by atoms with Crippen LogP contribution in [0.4, 0.5) is 5.82 Å². The molecule has 2 N–H and O–H groups in total. The van der Waals surface area contributed by atoms with Gasteiger partial charge in [0, 0.05) is 32.4 Å². The SMILES string of the molecule is COc1ccc(CNCc2ccc(N3CCCC(C(=O)O)C3)nc2)cc1. The summed E-state index contributed by atoms with van der Waals surface area (Å²) in [6, 6.07) is 12.0. The van der Waals surface area contributed by atoms with Crippen molar-refractivity contribution in [3.63, 3.8) is 0 Å². The number of nitrogens with one attached hydrogen (secondary N) is 1. The Balaban J connectivity index is 1.50. The summed E-state index contributed by atoms with van der Waals surface area (Å²) in [6.45, 7) is 2.92. The maximum absolute atomic E-state index is 11.2. The van der Waals surface area contributed by atoms with Crippen molar-refractivity contribution in [2.75, 3.05) is 25.1 Å². The van der Waals surface area contributed by atoms with Crippen molar-refractivity contribution < 1.29 is 14.6 Å². The number of benzene rings is 1. The number of carbonyl (C=O) groups is 1. The van der Waals surface area contributed by atoms with E-state index in [9.17, 15) is 9.90 Å². The first-order valence-corrected chi connectivity index (χ1v) is 8.92. The molecule has 1 atom stereocenters. The van der Waals surface area contributed by atoms with Gasteiger partial charge in [0.25, 0.3) is 0 Å². The van der Waals surface area contributed by atoms with Gasteiger partial charge >= 0.3 is 5.97 Å². The molecule has 6 nitrogen and oxygen atoms in total. The van der Waals surface area contributed by atoms with Crippen molar-refractivity contribution in [2.24, 2.45) is 5.92 Å². The second kappa shape index (κ2) is 8.67. The minimum Gasteiger partial charge on any atom is -0.497 e. The highest BCUT2D eigenvalue weighted by Gasteiger charge is 2.25. The number of hydrogen-bond donors (Lipinski definition) is 2. The number of nitrogens with zero attached hydrogens (tertiary/aromatic N) is 2. The zero-order valence-corrected chi connectivity index (χ0v) is 15.0. The standard InChI is InChI=1S/C20H25N3O3/c1-26-18-7-4-15(5-8-18)11-21-12-16-6-9-19(22-13-16)23-10-2-3-17(14-23)20(24)25/h4-9,13,17,21H,2-3,10-12,14H2,1H3,(H,24,25). The second-order valence-electron chi connectivity index (χ2n) is 6.60. The van der Waals surface area contributed by atoms with Gasteiger partial charge in [-0.1, -0.05) is 18.2 Å². The number of methoxy groups -OCH3 is 1. The van der Waals surface area contributed by atoms with Crippen LogP contribution in [0.5, 0.6) is 5.75 Å². The summed E-state index contributed by atoms with van der Waals surface area (Å²) in [5.41, 5.74) is 2.30. The molecule has 26 heavy (non-hydrogen) atoms. The predicted molar refractivity (Wildman–Crippen MR) is 100 cm³/mol. The zero-order chi connectivity index (χ0) is 18.4. The fourth-order valence-electron chi connectivity index (χ4n) is 3.19. The van der Waals surface area contributed by atoms with E-state index in [1.54, 1.807) is 7.11 Å². The van der Waals surface area contributed by atoms with Crippen LogP contribution in [0, 0.1) is 5.92 Å². The van der Waals surface area contributed by atoms with Crippen molar-refractivity contribution in [3.05, 3.63) is 53.7 Å². The molecule has 1 aliphatic rings. The van der Waals surface area contributed by atoms with Gasteiger partial charge in [-0.05, 0) is 42.2 Å². The molecule has 6 heteroatoms. The monoisotopic (exact) mass is 355 g/mol. The number of carboxylic acid groups (broad SMARTS) is 1. The van der Waals surface area contributed by atoms with Gasteiger partial charge in [0.2, 0.25) is 0 Å². The Hall–Kier alpha value is -2.60. The maximum Gasteiger partial charge on any atom is 0.308 e. The molecule has 2 heterocycles. The third-order valence-electron chi connectivity index (χ3n) is 4.72. The molecule has 138 valence electrons. The summed E-state index contributed by atoms with van der Waals surface area (Å²) in [4.78, 5) is 17.8. The summed E-state index contributed by atoms with van der Waals surface area (Å²) in [7, 11) is 1.66. The highest BCUT2D eigenvalue weighted by Crippen LogP contribution is 2.22. The average molecular weight is 355 g/mol. The Labute approximate surface area is 153 Å². The lowest BCUT2D eigenvalue weighted by Gasteiger charge is -2.31. The van der Waals surface area contributed by atoms with Crippen LogP contribution >= 0.6 is 0 Å². The number of pyridine rings is 1. The third-order valence-corrected chi connectivity index (χ3v) is 4.72. The molecule has 0 bridgehead atoms. The highest BCUT2D eigenvalue weighted by atomic mass is 16.5. The Morgan fingerprint density at radius 3 is 2.62 bits per heavy atom. The van der Waals surface area contributed by atoms with Crippen LogP contribution in [0.2, 0.25) is 0 Å². The molecule has 3 rings (SSSR count). The van der Waals surface area contributed by atoms with E-state index in [4.69, 9.17) is 4.74 Å². The predicted octanol–water partition coefficient (Wildman–Crippen LogP) is 2.68. The van der Waals surface area contributed by atoms with Gasteiger partial charge in [-0.3, -0.25) is 4.79 Å². The molecule has 2 aromatic rings. The van der Waals surface area contributed by atoms with Crippen LogP contribution < -0.4 is 15.0 Å². The first-order valence-electron chi connectivity index (χ1n) is 8.92. The summed E-state index contributed by atoms with van der Waals surface area (Å²) in [5.74, 6) is 0.705. The number of aromatic nitrogens is 1. The number of rotatable bonds is 7. The van der Waals surface area contributed by atoms with E-state index in [1.807, 2.05) is 42.6 Å². The van der Waals surface area contributed by atoms with Crippen molar-refractivity contribution in [3.8, 4) is 5.75 Å². The fourth-order valence-corrected chi connectivity index (χ4v) is 3.19. The largest absolute Gasteiger partial charge is 0.497 e. The number of anilines is 1. The van der Waals surface area contributed by atoms with Gasteiger partial charge in [-0.25, -0.2) is 4.98 Å². The summed E-state index contributed by atoms with van der Waals surface area (Å²) < 4.78 is 5.16. The quantitative estimate of drug-likeness (QED) is 0.795. The Kier molecular flexibility index (Phi) is 6.07. The third kappa shape index (κ3) is 4.73. The minimum atomic E-state index is -0.714. The van der Waals surface area contributed by atoms with E-state index in [1.165, 1.54) is 5.56 Å². The average Bonchev–Trinajstić information content (AvgIpc) is 2.69. The maximum atomic E-state index is 11.2. The van der Waals surface area contributed by atoms with Crippen LogP contribution in [0.25, 0.3) is 0 Å². The lowest BCUT2D eigenvalue weighted by atomic mass is 9.98. The summed E-state index contributed by atoms with van der Waals surface area (Å²) >= 11 is 0. The first-order chi connectivity index (χ1) is 12.7. The number of aliphatic carboxylic acids is 1. The van der Waals surface area contributed by atoms with E-state index >= 15 is 0 Å². The van der Waals surface area contributed by atoms with Gasteiger partial charge in [-0.15, -0.1) is 0 Å². The van der Waals surface area contributed by atoms with Crippen LogP contribution in [-0.4, -0.2) is 36.3 Å². The number of piperidine rings is 1. The lowest BCUT2D eigenvalue weighted by Crippen LogP contribution is -2.39. The first kappa shape index (κ1) is 18.2. The zero-order valence-electron chi connectivity index (χ0n) is 15.0. The molecule has 1 aromatic heterocycles. The molecule has 1 aromatic carbocycles. The molecule has 0 radical (unpaired) electrons. The topological polar surface area (TPSA) is 74.7 Å². The van der Waals surface area contributed by atoms with E-state index in [0.29, 0.717) is 6.54 Å². The normalized spacial score (nSPS) is 17.1. The number of hydrogen-bond acceptors (Lipinski definition) is 5. The van der Waals surface area contributed by atoms with E-state index in [2.05, 4.69) is 15.2 Å². The van der Waals surface area contributed by atoms with E-state index < -0.39 is 5.97 Å². The molecule has 0 amide bonds. The van der Waals surface area contributed by atoms with E-state index in [-0.39, 0.29) is 5.92 Å². The Morgan fingerprint density at radius 1 is 1.23 bits per heavy atom. The van der Waals surface area contributed by atoms with Gasteiger partial charge in [0.05, 0.1) is 13.0 Å². The Bertz CT molecular complexity index is 716. The molecule has 1 fully saturated rings. The smallest absolute Gasteiger partial charge is 0.308 e. The van der Waals surface area contributed by atoms with Gasteiger partial charge in [0.15, 0.2) is 0 Å². The molecule has 0 aliphatic carbocycles. The lowest BCUT2D eigenvalue weighted by molar-refractivity contribution is -0.141. The van der Waals surface area contributed by atoms with Crippen LogP contribution in [-0.2, 0) is 17.9 Å². The van der Waals surface area contributed by atoms with Gasteiger partial charge in [-0.2, -0.15) is 0 Å². The summed E-state index contributed by atoms with van der Waals surface area (Å²) in [5, 5.41) is 12.6. The number of carboxylic acids is 1. The second-order valence-corrected chi connectivity index (χ2v) is 6.60. The molecule has 1 unspecified atom stereocenters. The summed E-state index contributed by atoms with van der Waals surface area (Å²) in [6.07, 6.45) is 3.50. The van der Waals surface area contributed by atoms with Crippen molar-refractivity contribution >= 4 is 11.8 Å². The van der Waals surface area contributed by atoms with Crippen molar-refractivity contribution in [1.29, 1.82) is 0 Å². The van der Waals surface area contributed by atoms with Gasteiger partial charge in [0.1, 0.15) is 11.6 Å². The van der Waals surface area contributed by atoms with Crippen LogP contribution in [0.15, 0.2) is 42.6 Å². The van der Waals surface area contributed by atoms with Crippen molar-refractivity contribution in [2.45, 2.75) is 25.9 Å². The fraction of sp³-hybridized carbons (Fsp3) is 0.400. The van der Waals surface area contributed by atoms with Gasteiger partial charge < -0.3 is 20.1 Å². The van der Waals surface area contributed by atoms with Crippen molar-refractivity contribution in [1.82, 2.24) is 10.3 Å². The molecule has 1 saturated heterocycles. The molecular formula is C20H25N3O3. The minimum absolute atomic E-state index is 0.295. The Morgan fingerprint density at radius 2 is 1.96 bits per heavy atom. The molecular weight excluding hydrogens is 330 g/mol. The van der Waals surface area contributed by atoms with E-state index in [0.717, 1.165) is 49.6 Å². The molecule has 1 aliphatic heterocycles. The van der Waals surface area contributed by atoms with Crippen LogP contribution in [0.1, 0.15) is 24.0 Å². The number of ether oxygens (including phenoxy) is 1. The highest BCUT2D eigenvalue weighted by molar-refractivity contribution is 5.71. The molecule has 0 spiro atoms.